The van der Waals surface area contributed by atoms with Gasteiger partial charge in [0.2, 0.25) is 5.91 Å². The van der Waals surface area contributed by atoms with Crippen molar-refractivity contribution < 1.29 is 28.2 Å². The van der Waals surface area contributed by atoms with E-state index in [0.29, 0.717) is 85.3 Å². The number of fused-ring (bicyclic) bond motifs is 2. The molecule has 1 aliphatic carbocycles. The zero-order valence-electron chi connectivity index (χ0n) is 39.7. The number of aromatic nitrogens is 1. The number of hydrogen-bond donors (Lipinski definition) is 0. The third-order valence-electron chi connectivity index (χ3n) is 14.5. The summed E-state index contributed by atoms with van der Waals surface area (Å²) < 4.78 is 28.6. The second-order valence-corrected chi connectivity index (χ2v) is 18.7. The van der Waals surface area contributed by atoms with Crippen LogP contribution in [0.5, 0.6) is 5.75 Å². The van der Waals surface area contributed by atoms with Gasteiger partial charge in [-0.1, -0.05) is 67.1 Å². The summed E-state index contributed by atoms with van der Waals surface area (Å²) in [5.74, 6) is -0.604. The highest BCUT2D eigenvalue weighted by Crippen LogP contribution is 2.41. The quantitative estimate of drug-likeness (QED) is 0.130. The maximum Gasteiger partial charge on any atom is 0.262 e. The van der Waals surface area contributed by atoms with Crippen LogP contribution in [0.1, 0.15) is 82.3 Å². The fraction of sp³-hybridized carbons (Fsp3) is 0.357. The Morgan fingerprint density at radius 1 is 0.868 bits per heavy atom. The lowest BCUT2D eigenvalue weighted by Gasteiger charge is -2.36. The molecule has 1 fully saturated rings. The molecule has 1 aromatic heterocycles. The van der Waals surface area contributed by atoms with Gasteiger partial charge in [-0.15, -0.1) is 0 Å². The van der Waals surface area contributed by atoms with Crippen LogP contribution in [0.3, 0.4) is 0 Å². The van der Waals surface area contributed by atoms with Crippen LogP contribution in [0.15, 0.2) is 108 Å². The normalized spacial score (nSPS) is 18.3. The Kier molecular flexibility index (Phi) is 13.5. The van der Waals surface area contributed by atoms with Gasteiger partial charge in [0.25, 0.3) is 11.8 Å². The van der Waals surface area contributed by atoms with E-state index in [0.717, 1.165) is 65.1 Å². The summed E-state index contributed by atoms with van der Waals surface area (Å²) in [6.07, 6.45) is 3.76. The molecule has 3 amide bonds. The largest absolute Gasteiger partial charge is 0.492 e. The summed E-state index contributed by atoms with van der Waals surface area (Å²) in [5, 5.41) is 9.95. The standard InChI is InChI=1S/C56H59FN6O5/c1-36-25-44(28-49(38(36)3)56(66)63(46-13-7-6-8-14-46)53-31-47(33-58)59(5)39(53)4)50-27-41-17-18-61(34-45(41)29-51(50)55(65)62-35-43-12-10-9-11-40(43)26-37(62)2)54(64)30-42-15-16-48(32-52(42)57)68-24-21-60-19-22-67-23-20-60/h6-16,27-29,31-32,36-37H,17-26,30,34-35H2,1-5H3/t36-,37+/m0/s1. The number of nitriles is 1. The minimum atomic E-state index is -0.482. The van der Waals surface area contributed by atoms with Crippen LogP contribution in [0.25, 0.3) is 5.57 Å². The molecule has 12 heteroatoms. The van der Waals surface area contributed by atoms with Crippen molar-refractivity contribution in [2.45, 2.75) is 72.5 Å². The number of carbonyl (C=O) groups excluding carboxylic acids is 3. The summed E-state index contributed by atoms with van der Waals surface area (Å²) in [6, 6.07) is 30.5. The van der Waals surface area contributed by atoms with Crippen molar-refractivity contribution in [3.8, 4) is 11.8 Å². The van der Waals surface area contributed by atoms with E-state index in [-0.39, 0.29) is 42.6 Å². The summed E-state index contributed by atoms with van der Waals surface area (Å²) in [7, 11) is 1.82. The molecule has 4 aliphatic rings. The summed E-state index contributed by atoms with van der Waals surface area (Å²) >= 11 is 0. The van der Waals surface area contributed by atoms with E-state index in [1.54, 1.807) is 32.6 Å². The molecule has 0 radical (unpaired) electrons. The number of halogens is 1. The van der Waals surface area contributed by atoms with E-state index in [9.17, 15) is 10.1 Å². The van der Waals surface area contributed by atoms with Gasteiger partial charge in [0.15, 0.2) is 0 Å². The van der Waals surface area contributed by atoms with Gasteiger partial charge in [-0.3, -0.25) is 24.2 Å². The molecule has 11 nitrogen and oxygen atoms in total. The van der Waals surface area contributed by atoms with E-state index in [1.807, 2.05) is 80.4 Å². The number of anilines is 2. The molecular weight excluding hydrogens is 856 g/mol. The summed E-state index contributed by atoms with van der Waals surface area (Å²) in [5.41, 5.74) is 10.8. The first kappa shape index (κ1) is 46.3. The number of allylic oxidation sites excluding steroid dienone is 2. The van der Waals surface area contributed by atoms with E-state index in [1.165, 1.54) is 11.6 Å². The lowest BCUT2D eigenvalue weighted by Crippen LogP contribution is -2.43. The Hall–Kier alpha value is -6.81. The zero-order valence-corrected chi connectivity index (χ0v) is 39.7. The van der Waals surface area contributed by atoms with Crippen molar-refractivity contribution >= 4 is 34.7 Å². The second kappa shape index (κ2) is 19.8. The average molecular weight is 915 g/mol. The van der Waals surface area contributed by atoms with Gasteiger partial charge in [-0.25, -0.2) is 4.39 Å². The molecule has 350 valence electrons. The molecule has 3 aliphatic heterocycles. The van der Waals surface area contributed by atoms with Gasteiger partial charge in [-0.2, -0.15) is 5.26 Å². The van der Waals surface area contributed by atoms with E-state index >= 15 is 14.0 Å². The molecular formula is C56H59FN6O5. The van der Waals surface area contributed by atoms with Crippen molar-refractivity contribution in [1.82, 2.24) is 19.3 Å². The molecule has 0 bridgehead atoms. The molecule has 0 N–H and O–H groups in total. The fourth-order valence-electron chi connectivity index (χ4n) is 10.1. The SMILES string of the molecule is CC1=C(C(=O)N(c2ccccc2)c2cc(C#N)n(C)c2C)C=C(c2cc3c(cc2C(=O)N2Cc4ccccc4C[C@H]2C)CN(C(=O)Cc2ccc(OCCN4CCOCC4)cc2F)CC3)C[C@@H]1C. The third kappa shape index (κ3) is 9.38. The summed E-state index contributed by atoms with van der Waals surface area (Å²) in [6.45, 7) is 13.5. The highest BCUT2D eigenvalue weighted by Gasteiger charge is 2.35. The minimum absolute atomic E-state index is 0.0258. The molecule has 5 aromatic rings. The summed E-state index contributed by atoms with van der Waals surface area (Å²) in [4.78, 5) is 52.0. The predicted molar refractivity (Wildman–Crippen MR) is 261 cm³/mol. The lowest BCUT2D eigenvalue weighted by atomic mass is 9.79. The molecule has 4 heterocycles. The molecule has 9 rings (SSSR count). The molecule has 2 atom stereocenters. The number of morpholine rings is 1. The number of nitrogens with zero attached hydrogens (tertiary/aromatic N) is 6. The Labute approximate surface area is 398 Å². The van der Waals surface area contributed by atoms with Gasteiger partial charge >= 0.3 is 0 Å². The molecule has 68 heavy (non-hydrogen) atoms. The van der Waals surface area contributed by atoms with Crippen molar-refractivity contribution in [3.05, 3.63) is 164 Å². The fourth-order valence-corrected chi connectivity index (χ4v) is 10.1. The maximum atomic E-state index is 15.5. The third-order valence-corrected chi connectivity index (χ3v) is 14.5. The van der Waals surface area contributed by atoms with Gasteiger partial charge in [0.1, 0.15) is 29.9 Å². The zero-order chi connectivity index (χ0) is 47.6. The smallest absolute Gasteiger partial charge is 0.262 e. The van der Waals surface area contributed by atoms with Crippen molar-refractivity contribution in [2.75, 3.05) is 50.9 Å². The molecule has 0 unspecified atom stereocenters. The van der Waals surface area contributed by atoms with Gasteiger partial charge in [0, 0.05) is 80.9 Å². The van der Waals surface area contributed by atoms with Crippen LogP contribution < -0.4 is 9.64 Å². The first-order valence-corrected chi connectivity index (χ1v) is 23.8. The van der Waals surface area contributed by atoms with E-state index in [2.05, 4.69) is 43.0 Å². The monoisotopic (exact) mass is 914 g/mol. The second-order valence-electron chi connectivity index (χ2n) is 18.7. The number of hydrogen-bond acceptors (Lipinski definition) is 7. The molecule has 0 spiro atoms. The van der Waals surface area contributed by atoms with Crippen molar-refractivity contribution in [2.24, 2.45) is 13.0 Å². The lowest BCUT2D eigenvalue weighted by molar-refractivity contribution is -0.131. The first-order chi connectivity index (χ1) is 32.9. The highest BCUT2D eigenvalue weighted by atomic mass is 19.1. The molecule has 1 saturated heterocycles. The maximum absolute atomic E-state index is 15.5. The Morgan fingerprint density at radius 3 is 2.35 bits per heavy atom. The van der Waals surface area contributed by atoms with Crippen LogP contribution in [0, 0.1) is 30.0 Å². The van der Waals surface area contributed by atoms with Crippen molar-refractivity contribution in [1.29, 1.82) is 5.26 Å². The first-order valence-electron chi connectivity index (χ1n) is 23.8. The van der Waals surface area contributed by atoms with E-state index < -0.39 is 5.82 Å². The number of ether oxygens (including phenoxy) is 2. The van der Waals surface area contributed by atoms with Crippen LogP contribution in [0.4, 0.5) is 15.8 Å². The Morgan fingerprint density at radius 2 is 1.62 bits per heavy atom. The van der Waals surface area contributed by atoms with Crippen LogP contribution in [-0.2, 0) is 53.7 Å². The van der Waals surface area contributed by atoms with Gasteiger partial charge in [-0.05, 0) is 121 Å². The van der Waals surface area contributed by atoms with Crippen LogP contribution >= 0.6 is 0 Å². The van der Waals surface area contributed by atoms with Gasteiger partial charge in [0.05, 0.1) is 25.3 Å². The number of carbonyl (C=O) groups is 3. The predicted octanol–water partition coefficient (Wildman–Crippen LogP) is 8.87. The van der Waals surface area contributed by atoms with Crippen molar-refractivity contribution in [3.63, 3.8) is 0 Å². The van der Waals surface area contributed by atoms with Gasteiger partial charge < -0.3 is 23.8 Å². The minimum Gasteiger partial charge on any atom is -0.492 e. The van der Waals surface area contributed by atoms with Crippen LogP contribution in [-0.4, -0.2) is 89.0 Å². The van der Waals surface area contributed by atoms with Crippen LogP contribution in [0.2, 0.25) is 0 Å². The highest BCUT2D eigenvalue weighted by molar-refractivity contribution is 6.14. The molecule has 4 aromatic carbocycles. The Bertz CT molecular complexity index is 2870. The number of para-hydroxylation sites is 1. The average Bonchev–Trinajstić information content (AvgIpc) is 3.63. The molecule has 0 saturated carbocycles. The number of amides is 3. The van der Waals surface area contributed by atoms with E-state index in [4.69, 9.17) is 9.47 Å². The number of benzene rings is 4. The number of rotatable bonds is 11. The Balaban J connectivity index is 1.03. The topological polar surface area (TPSA) is 111 Å².